The molecule has 0 aliphatic heterocycles. The molecule has 10 heteroatoms. The third-order valence-electron chi connectivity index (χ3n) is 4.76. The lowest BCUT2D eigenvalue weighted by Gasteiger charge is -2.08. The molecule has 0 spiro atoms. The Morgan fingerprint density at radius 2 is 1.94 bits per heavy atom. The van der Waals surface area contributed by atoms with Gasteiger partial charge in [0.2, 0.25) is 11.0 Å². The molecule has 2 amide bonds. The summed E-state index contributed by atoms with van der Waals surface area (Å²) in [7, 11) is 0. The van der Waals surface area contributed by atoms with Crippen LogP contribution < -0.4 is 10.6 Å². The lowest BCUT2D eigenvalue weighted by atomic mass is 10.1. The molecule has 156 valence electrons. The Bertz CT molecular complexity index is 1260. The van der Waals surface area contributed by atoms with Crippen molar-refractivity contribution in [2.24, 2.45) is 0 Å². The van der Waals surface area contributed by atoms with E-state index >= 15 is 0 Å². The molecular formula is C21H17N5O3S2. The molecule has 2 N–H and O–H groups in total. The van der Waals surface area contributed by atoms with Gasteiger partial charge in [0.25, 0.3) is 5.91 Å². The smallest absolute Gasteiger partial charge is 0.279 e. The van der Waals surface area contributed by atoms with Crippen LogP contribution in [0.2, 0.25) is 0 Å². The van der Waals surface area contributed by atoms with Crippen molar-refractivity contribution in [3.8, 4) is 0 Å². The van der Waals surface area contributed by atoms with Crippen molar-refractivity contribution < 1.29 is 14.1 Å². The van der Waals surface area contributed by atoms with Crippen molar-refractivity contribution in [3.63, 3.8) is 0 Å². The molecule has 2 aromatic carbocycles. The lowest BCUT2D eigenvalue weighted by Crippen LogP contribution is -2.14. The van der Waals surface area contributed by atoms with Gasteiger partial charge in [-0.15, -0.1) is 10.2 Å². The Morgan fingerprint density at radius 3 is 2.81 bits per heavy atom. The molecule has 2 heterocycles. The molecule has 1 aliphatic rings. The molecule has 0 saturated heterocycles. The normalized spacial score (nSPS) is 13.3. The molecule has 0 radical (unpaired) electrons. The summed E-state index contributed by atoms with van der Waals surface area (Å²) in [5.41, 5.74) is 0.993. The number of hydrogen-bond acceptors (Lipinski definition) is 8. The van der Waals surface area contributed by atoms with Crippen LogP contribution in [0.4, 0.5) is 10.8 Å². The maximum atomic E-state index is 12.4. The largest absolute Gasteiger partial charge is 0.360 e. The Morgan fingerprint density at radius 1 is 1.10 bits per heavy atom. The Labute approximate surface area is 185 Å². The van der Waals surface area contributed by atoms with Crippen LogP contribution in [0.15, 0.2) is 57.4 Å². The van der Waals surface area contributed by atoms with Gasteiger partial charge in [-0.2, -0.15) is 0 Å². The van der Waals surface area contributed by atoms with E-state index < -0.39 is 5.91 Å². The van der Waals surface area contributed by atoms with Gasteiger partial charge in [0.1, 0.15) is 5.76 Å². The van der Waals surface area contributed by atoms with Gasteiger partial charge in [-0.3, -0.25) is 14.9 Å². The Balaban J connectivity index is 1.16. The fourth-order valence-corrected chi connectivity index (χ4v) is 4.63. The van der Waals surface area contributed by atoms with Crippen LogP contribution in [0.3, 0.4) is 0 Å². The predicted octanol–water partition coefficient (Wildman–Crippen LogP) is 4.54. The van der Waals surface area contributed by atoms with Crippen molar-refractivity contribution in [1.82, 2.24) is 15.4 Å². The predicted molar refractivity (Wildman–Crippen MR) is 120 cm³/mol. The molecule has 0 unspecified atom stereocenters. The Kier molecular flexibility index (Phi) is 5.39. The SMILES string of the molecule is O=C(CSc1nnc(NC(=O)c2cc(C3CC3)on2)s1)Nc1cccc2ccccc12. The van der Waals surface area contributed by atoms with Crippen LogP contribution in [-0.2, 0) is 4.79 Å². The van der Waals surface area contributed by atoms with Gasteiger partial charge in [-0.05, 0) is 24.3 Å². The summed E-state index contributed by atoms with van der Waals surface area (Å²) in [6, 6.07) is 15.3. The highest BCUT2D eigenvalue weighted by Gasteiger charge is 2.29. The minimum absolute atomic E-state index is 0.141. The highest BCUT2D eigenvalue weighted by Crippen LogP contribution is 2.40. The topological polar surface area (TPSA) is 110 Å². The second-order valence-electron chi connectivity index (χ2n) is 7.08. The first-order valence-corrected chi connectivity index (χ1v) is 11.5. The van der Waals surface area contributed by atoms with E-state index in [1.54, 1.807) is 6.07 Å². The molecule has 0 bridgehead atoms. The average molecular weight is 452 g/mol. The quantitative estimate of drug-likeness (QED) is 0.313. The summed E-state index contributed by atoms with van der Waals surface area (Å²) in [6.07, 6.45) is 2.14. The van der Waals surface area contributed by atoms with Gasteiger partial charge in [0, 0.05) is 23.1 Å². The maximum absolute atomic E-state index is 12.4. The second-order valence-corrected chi connectivity index (χ2v) is 9.28. The number of thioether (sulfide) groups is 1. The monoisotopic (exact) mass is 451 g/mol. The number of rotatable bonds is 7. The summed E-state index contributed by atoms with van der Waals surface area (Å²) < 4.78 is 5.79. The summed E-state index contributed by atoms with van der Waals surface area (Å²) in [4.78, 5) is 24.7. The average Bonchev–Trinajstić information content (AvgIpc) is 3.33. The molecule has 31 heavy (non-hydrogen) atoms. The number of hydrogen-bond donors (Lipinski definition) is 2. The standard InChI is InChI=1S/C21H17N5O3S2/c27-18(22-15-7-3-5-12-4-1-2-6-14(12)15)11-30-21-25-24-20(31-21)23-19(28)16-10-17(29-26-16)13-8-9-13/h1-7,10,13H,8-9,11H2,(H,22,27)(H,23,24,28). The number of carbonyl (C=O) groups is 2. The zero-order valence-electron chi connectivity index (χ0n) is 16.2. The van der Waals surface area contributed by atoms with Crippen LogP contribution >= 0.6 is 23.1 Å². The van der Waals surface area contributed by atoms with Crippen LogP contribution in [0.5, 0.6) is 0 Å². The van der Waals surface area contributed by atoms with Crippen molar-refractivity contribution in [2.75, 3.05) is 16.4 Å². The Hall–Kier alpha value is -3.24. The van der Waals surface area contributed by atoms with E-state index in [0.29, 0.717) is 15.4 Å². The zero-order valence-corrected chi connectivity index (χ0v) is 17.8. The van der Waals surface area contributed by atoms with E-state index in [0.717, 1.165) is 35.1 Å². The minimum atomic E-state index is -0.392. The van der Waals surface area contributed by atoms with Crippen LogP contribution in [0.1, 0.15) is 35.0 Å². The van der Waals surface area contributed by atoms with Crippen LogP contribution in [-0.4, -0.2) is 32.9 Å². The second kappa shape index (κ2) is 8.48. The van der Waals surface area contributed by atoms with E-state index in [2.05, 4.69) is 26.0 Å². The molecule has 1 saturated carbocycles. The number of fused-ring (bicyclic) bond motifs is 1. The van der Waals surface area contributed by atoms with E-state index in [-0.39, 0.29) is 17.4 Å². The van der Waals surface area contributed by atoms with Gasteiger partial charge >= 0.3 is 0 Å². The van der Waals surface area contributed by atoms with E-state index in [1.807, 2.05) is 42.5 Å². The summed E-state index contributed by atoms with van der Waals surface area (Å²) >= 11 is 2.46. The lowest BCUT2D eigenvalue weighted by molar-refractivity contribution is -0.113. The number of nitrogens with one attached hydrogen (secondary N) is 2. The van der Waals surface area contributed by atoms with Crippen LogP contribution in [0, 0.1) is 0 Å². The number of aromatic nitrogens is 3. The van der Waals surface area contributed by atoms with Gasteiger partial charge in [-0.25, -0.2) is 0 Å². The first-order valence-electron chi connectivity index (χ1n) is 9.67. The van der Waals surface area contributed by atoms with Crippen molar-refractivity contribution >= 4 is 56.5 Å². The summed E-state index contributed by atoms with van der Waals surface area (Å²) in [5.74, 6) is 0.781. The van der Waals surface area contributed by atoms with Gasteiger partial charge in [-0.1, -0.05) is 64.7 Å². The summed E-state index contributed by atoms with van der Waals surface area (Å²) in [5, 5.41) is 19.8. The molecule has 1 fully saturated rings. The fourth-order valence-electron chi connectivity index (χ4n) is 3.08. The maximum Gasteiger partial charge on any atom is 0.279 e. The molecule has 4 aromatic rings. The van der Waals surface area contributed by atoms with Gasteiger partial charge < -0.3 is 9.84 Å². The van der Waals surface area contributed by atoms with E-state index in [4.69, 9.17) is 4.52 Å². The third-order valence-corrected chi connectivity index (χ3v) is 6.73. The van der Waals surface area contributed by atoms with Crippen molar-refractivity contribution in [2.45, 2.75) is 23.1 Å². The van der Waals surface area contributed by atoms with E-state index in [9.17, 15) is 9.59 Å². The first kappa shape index (κ1) is 19.7. The highest BCUT2D eigenvalue weighted by molar-refractivity contribution is 8.01. The number of carbonyl (C=O) groups excluding carboxylic acids is 2. The number of anilines is 2. The molecular weight excluding hydrogens is 434 g/mol. The molecule has 2 aromatic heterocycles. The fraction of sp³-hybridized carbons (Fsp3) is 0.190. The van der Waals surface area contributed by atoms with E-state index in [1.165, 1.54) is 23.1 Å². The van der Waals surface area contributed by atoms with Gasteiger partial charge in [0.05, 0.1) is 5.75 Å². The highest BCUT2D eigenvalue weighted by atomic mass is 32.2. The first-order chi connectivity index (χ1) is 15.2. The third kappa shape index (κ3) is 4.59. The van der Waals surface area contributed by atoms with Crippen molar-refractivity contribution in [3.05, 3.63) is 60.0 Å². The number of nitrogens with zero attached hydrogens (tertiary/aromatic N) is 3. The zero-order chi connectivity index (χ0) is 21.2. The molecule has 5 rings (SSSR count). The number of benzene rings is 2. The summed E-state index contributed by atoms with van der Waals surface area (Å²) in [6.45, 7) is 0. The van der Waals surface area contributed by atoms with Crippen LogP contribution in [0.25, 0.3) is 10.8 Å². The number of amides is 2. The van der Waals surface area contributed by atoms with Crippen molar-refractivity contribution in [1.29, 1.82) is 0 Å². The molecule has 1 aliphatic carbocycles. The minimum Gasteiger partial charge on any atom is -0.360 e. The van der Waals surface area contributed by atoms with Gasteiger partial charge in [0.15, 0.2) is 10.0 Å². The molecule has 0 atom stereocenters. The molecule has 8 nitrogen and oxygen atoms in total.